The number of fused-ring (bicyclic) bond motifs is 1. The zero-order valence-electron chi connectivity index (χ0n) is 13.7. The van der Waals surface area contributed by atoms with Gasteiger partial charge < -0.3 is 0 Å². The van der Waals surface area contributed by atoms with Crippen LogP contribution in [0.5, 0.6) is 0 Å². The molecule has 4 rings (SSSR count). The van der Waals surface area contributed by atoms with Gasteiger partial charge in [-0.15, -0.1) is 0 Å². The minimum atomic E-state index is -3.55. The highest BCUT2D eigenvalue weighted by molar-refractivity contribution is 7.90. The second kappa shape index (κ2) is 5.99. The largest absolute Gasteiger partial charge is 0.247 e. The number of halogens is 1. The average Bonchev–Trinajstić information content (AvgIpc) is 3.01. The molecule has 0 aliphatic rings. The molecule has 0 aliphatic carbocycles. The number of nitrogens with zero attached hydrogens (tertiary/aromatic N) is 4. The van der Waals surface area contributed by atoms with Gasteiger partial charge in [0.2, 0.25) is 15.0 Å². The van der Waals surface area contributed by atoms with Crippen LogP contribution in [0, 0.1) is 5.82 Å². The summed E-state index contributed by atoms with van der Waals surface area (Å²) in [6.45, 7) is 0. The average molecular weight is 368 g/mol. The Labute approximate surface area is 148 Å². The number of benzene rings is 1. The number of hydrogen-bond donors (Lipinski definition) is 0. The van der Waals surface area contributed by atoms with Gasteiger partial charge in [0.05, 0.1) is 16.8 Å². The number of rotatable bonds is 3. The summed E-state index contributed by atoms with van der Waals surface area (Å²) in [5.41, 5.74) is 3.12. The summed E-state index contributed by atoms with van der Waals surface area (Å²) in [4.78, 5) is 8.05. The van der Waals surface area contributed by atoms with E-state index in [4.69, 9.17) is 0 Å². The Morgan fingerprint density at radius 3 is 2.54 bits per heavy atom. The van der Waals surface area contributed by atoms with Crippen LogP contribution in [0.1, 0.15) is 0 Å². The molecule has 0 radical (unpaired) electrons. The van der Waals surface area contributed by atoms with Crippen LogP contribution in [0.3, 0.4) is 0 Å². The highest BCUT2D eigenvalue weighted by atomic mass is 32.2. The Kier molecular flexibility index (Phi) is 3.77. The van der Waals surface area contributed by atoms with Gasteiger partial charge in [-0.25, -0.2) is 27.3 Å². The molecule has 0 aliphatic heterocycles. The van der Waals surface area contributed by atoms with Crippen molar-refractivity contribution in [3.63, 3.8) is 0 Å². The Bertz CT molecular complexity index is 1220. The van der Waals surface area contributed by atoms with Crippen molar-refractivity contribution in [1.82, 2.24) is 19.6 Å². The van der Waals surface area contributed by atoms with Gasteiger partial charge in [0.25, 0.3) is 0 Å². The minimum absolute atomic E-state index is 0.254. The maximum absolute atomic E-state index is 13.3. The van der Waals surface area contributed by atoms with Crippen molar-refractivity contribution in [2.75, 3.05) is 6.26 Å². The van der Waals surface area contributed by atoms with Crippen molar-refractivity contribution in [2.24, 2.45) is 0 Å². The lowest BCUT2D eigenvalue weighted by atomic mass is 10.0. The maximum Gasteiger partial charge on any atom is 0.247 e. The van der Waals surface area contributed by atoms with Gasteiger partial charge in [-0.2, -0.15) is 5.10 Å². The zero-order chi connectivity index (χ0) is 18.3. The predicted octanol–water partition coefficient (Wildman–Crippen LogP) is 3.00. The van der Waals surface area contributed by atoms with E-state index < -0.39 is 9.84 Å². The first-order chi connectivity index (χ1) is 12.4. The molecule has 0 spiro atoms. The van der Waals surface area contributed by atoms with E-state index in [1.54, 1.807) is 28.9 Å². The molecular weight excluding hydrogens is 355 g/mol. The summed E-state index contributed by atoms with van der Waals surface area (Å²) >= 11 is 0. The van der Waals surface area contributed by atoms with E-state index in [1.807, 2.05) is 18.2 Å². The zero-order valence-corrected chi connectivity index (χ0v) is 14.5. The molecule has 3 heterocycles. The van der Waals surface area contributed by atoms with Gasteiger partial charge in [0.1, 0.15) is 11.5 Å². The van der Waals surface area contributed by atoms with Gasteiger partial charge >= 0.3 is 0 Å². The summed E-state index contributed by atoms with van der Waals surface area (Å²) in [6, 6.07) is 13.1. The number of pyridine rings is 1. The van der Waals surface area contributed by atoms with Crippen molar-refractivity contribution >= 4 is 15.4 Å². The standard InChI is InChI=1S/C18H13FN4O2S/c1-26(24,25)18-20-10-9-14(21-18)16-15-4-2-3-11-23(15)22-17(16)12-5-7-13(19)8-6-12/h2-11H,1H3. The third-order valence-corrected chi connectivity index (χ3v) is 4.74. The molecule has 26 heavy (non-hydrogen) atoms. The lowest BCUT2D eigenvalue weighted by Crippen LogP contribution is -2.04. The van der Waals surface area contributed by atoms with E-state index in [2.05, 4.69) is 15.1 Å². The van der Waals surface area contributed by atoms with Crippen LogP contribution in [0.25, 0.3) is 28.0 Å². The maximum atomic E-state index is 13.3. The Balaban J connectivity index is 2.03. The molecule has 0 fully saturated rings. The number of sulfone groups is 1. The molecule has 0 saturated carbocycles. The van der Waals surface area contributed by atoms with Crippen molar-refractivity contribution in [3.8, 4) is 22.5 Å². The molecule has 0 bridgehead atoms. The minimum Gasteiger partial charge on any atom is -0.240 e. The molecule has 0 atom stereocenters. The molecule has 0 N–H and O–H groups in total. The van der Waals surface area contributed by atoms with Crippen molar-refractivity contribution in [2.45, 2.75) is 5.16 Å². The molecule has 0 unspecified atom stereocenters. The highest BCUT2D eigenvalue weighted by Crippen LogP contribution is 2.34. The van der Waals surface area contributed by atoms with Crippen LogP contribution in [-0.4, -0.2) is 34.3 Å². The summed E-state index contributed by atoms with van der Waals surface area (Å²) in [6.07, 6.45) is 4.24. The monoisotopic (exact) mass is 368 g/mol. The van der Waals surface area contributed by atoms with E-state index in [1.165, 1.54) is 18.3 Å². The Morgan fingerprint density at radius 2 is 1.81 bits per heavy atom. The van der Waals surface area contributed by atoms with Crippen LogP contribution >= 0.6 is 0 Å². The molecule has 1 aromatic carbocycles. The smallest absolute Gasteiger partial charge is 0.240 e. The topological polar surface area (TPSA) is 77.2 Å². The van der Waals surface area contributed by atoms with E-state index in [-0.39, 0.29) is 11.0 Å². The second-order valence-corrected chi connectivity index (χ2v) is 7.67. The molecular formula is C18H13FN4O2S. The first-order valence-electron chi connectivity index (χ1n) is 7.70. The van der Waals surface area contributed by atoms with Gasteiger partial charge in [0.15, 0.2) is 0 Å². The summed E-state index contributed by atoms with van der Waals surface area (Å²) in [7, 11) is -3.55. The first kappa shape index (κ1) is 16.3. The summed E-state index contributed by atoms with van der Waals surface area (Å²) < 4.78 is 38.6. The van der Waals surface area contributed by atoms with Crippen molar-refractivity contribution in [3.05, 3.63) is 66.7 Å². The normalized spacial score (nSPS) is 11.8. The Morgan fingerprint density at radius 1 is 1.04 bits per heavy atom. The second-order valence-electron chi connectivity index (χ2n) is 5.76. The van der Waals surface area contributed by atoms with Gasteiger partial charge in [-0.05, 0) is 42.5 Å². The first-order valence-corrected chi connectivity index (χ1v) is 9.59. The third-order valence-electron chi connectivity index (χ3n) is 3.88. The SMILES string of the molecule is CS(=O)(=O)c1nccc(-c2c(-c3ccc(F)cc3)nn3ccccc23)n1. The van der Waals surface area contributed by atoms with E-state index in [0.29, 0.717) is 22.5 Å². The van der Waals surface area contributed by atoms with Crippen LogP contribution in [0.4, 0.5) is 4.39 Å². The molecule has 8 heteroatoms. The molecule has 6 nitrogen and oxygen atoms in total. The predicted molar refractivity (Wildman–Crippen MR) is 94.7 cm³/mol. The lowest BCUT2D eigenvalue weighted by molar-refractivity contribution is 0.593. The fourth-order valence-corrected chi connectivity index (χ4v) is 3.24. The Hall–Kier alpha value is -3.13. The lowest BCUT2D eigenvalue weighted by Gasteiger charge is -2.05. The molecule has 0 amide bonds. The van der Waals surface area contributed by atoms with Gasteiger partial charge in [-0.1, -0.05) is 6.07 Å². The fraction of sp³-hybridized carbons (Fsp3) is 0.0556. The van der Waals surface area contributed by atoms with Gasteiger partial charge in [0, 0.05) is 24.2 Å². The number of hydrogen-bond acceptors (Lipinski definition) is 5. The van der Waals surface area contributed by atoms with E-state index >= 15 is 0 Å². The van der Waals surface area contributed by atoms with Crippen LogP contribution in [0.2, 0.25) is 0 Å². The van der Waals surface area contributed by atoms with Crippen LogP contribution in [0.15, 0.2) is 66.1 Å². The molecule has 0 saturated heterocycles. The summed E-state index contributed by atoms with van der Waals surface area (Å²) in [5.74, 6) is -0.347. The van der Waals surface area contributed by atoms with E-state index in [0.717, 1.165) is 11.8 Å². The molecule has 4 aromatic rings. The third kappa shape index (κ3) is 2.84. The fourth-order valence-electron chi connectivity index (χ4n) is 2.72. The quantitative estimate of drug-likeness (QED) is 0.520. The van der Waals surface area contributed by atoms with Crippen LogP contribution < -0.4 is 0 Å². The number of aromatic nitrogens is 4. The van der Waals surface area contributed by atoms with Crippen LogP contribution in [-0.2, 0) is 9.84 Å². The molecule has 130 valence electrons. The van der Waals surface area contributed by atoms with Gasteiger partial charge in [-0.3, -0.25) is 0 Å². The van der Waals surface area contributed by atoms with Crippen molar-refractivity contribution in [1.29, 1.82) is 0 Å². The van der Waals surface area contributed by atoms with E-state index in [9.17, 15) is 12.8 Å². The van der Waals surface area contributed by atoms with Crippen molar-refractivity contribution < 1.29 is 12.8 Å². The summed E-state index contributed by atoms with van der Waals surface area (Å²) in [5, 5.41) is 4.31. The molecule has 3 aromatic heterocycles. The highest BCUT2D eigenvalue weighted by Gasteiger charge is 2.19.